The lowest BCUT2D eigenvalue weighted by molar-refractivity contribution is -0.466. The van der Waals surface area contributed by atoms with Crippen LogP contribution in [-0.4, -0.2) is 37.5 Å². The molecule has 0 unspecified atom stereocenters. The summed E-state index contributed by atoms with van der Waals surface area (Å²) in [6.45, 7) is 5.73. The van der Waals surface area contributed by atoms with Crippen LogP contribution in [0.5, 0.6) is 0 Å². The SMILES string of the molecule is CCNOCCC(C)=[N+](C)C. The lowest BCUT2D eigenvalue weighted by Gasteiger charge is -2.01. The van der Waals surface area contributed by atoms with Crippen LogP contribution in [0.4, 0.5) is 0 Å². The van der Waals surface area contributed by atoms with E-state index in [1.807, 2.05) is 21.0 Å². The number of hydrogen-bond acceptors (Lipinski definition) is 2. The predicted molar refractivity (Wildman–Crippen MR) is 47.0 cm³/mol. The second kappa shape index (κ2) is 6.31. The summed E-state index contributed by atoms with van der Waals surface area (Å²) in [6.07, 6.45) is 0.986. The molecule has 0 saturated heterocycles. The average Bonchev–Trinajstić information content (AvgIpc) is 1.97. The van der Waals surface area contributed by atoms with E-state index in [4.69, 9.17) is 4.84 Å². The second-order valence-corrected chi connectivity index (χ2v) is 2.73. The molecule has 0 spiro atoms. The Morgan fingerprint density at radius 3 is 2.55 bits per heavy atom. The maximum Gasteiger partial charge on any atom is 0.151 e. The lowest BCUT2D eigenvalue weighted by atomic mass is 10.3. The molecule has 0 heterocycles. The zero-order chi connectivity index (χ0) is 8.69. The Hall–Kier alpha value is -0.410. The van der Waals surface area contributed by atoms with Gasteiger partial charge in [-0.25, -0.2) is 10.1 Å². The van der Waals surface area contributed by atoms with E-state index in [-0.39, 0.29) is 0 Å². The summed E-state index contributed by atoms with van der Waals surface area (Å²) < 4.78 is 2.11. The molecule has 0 aromatic carbocycles. The van der Waals surface area contributed by atoms with Gasteiger partial charge in [-0.1, -0.05) is 6.92 Å². The molecule has 0 aromatic rings. The first-order chi connectivity index (χ1) is 5.18. The van der Waals surface area contributed by atoms with E-state index >= 15 is 0 Å². The predicted octanol–water partition coefficient (Wildman–Crippen LogP) is 0.651. The zero-order valence-corrected chi connectivity index (χ0v) is 7.98. The van der Waals surface area contributed by atoms with Crippen LogP contribution in [0, 0.1) is 0 Å². The van der Waals surface area contributed by atoms with Crippen LogP contribution in [0.25, 0.3) is 0 Å². The first-order valence-electron chi connectivity index (χ1n) is 4.03. The van der Waals surface area contributed by atoms with E-state index in [9.17, 15) is 0 Å². The molecule has 0 aliphatic heterocycles. The first kappa shape index (κ1) is 10.6. The number of nitrogens with zero attached hydrogens (tertiary/aromatic N) is 1. The van der Waals surface area contributed by atoms with Gasteiger partial charge in [0.05, 0.1) is 13.0 Å². The molecule has 0 aliphatic rings. The molecule has 1 N–H and O–H groups in total. The third kappa shape index (κ3) is 6.01. The first-order valence-corrected chi connectivity index (χ1v) is 4.03. The summed E-state index contributed by atoms with van der Waals surface area (Å²) in [5.74, 6) is 0. The molecule has 0 fully saturated rings. The van der Waals surface area contributed by atoms with Crippen molar-refractivity contribution in [2.75, 3.05) is 27.2 Å². The van der Waals surface area contributed by atoms with Crippen molar-refractivity contribution in [3.8, 4) is 0 Å². The summed E-state index contributed by atoms with van der Waals surface area (Å²) in [5, 5.41) is 0. The summed E-state index contributed by atoms with van der Waals surface area (Å²) in [7, 11) is 4.09. The Morgan fingerprint density at radius 1 is 1.45 bits per heavy atom. The van der Waals surface area contributed by atoms with Crippen LogP contribution in [-0.2, 0) is 4.84 Å². The molecule has 66 valence electrons. The molecule has 3 nitrogen and oxygen atoms in total. The molecule has 0 aliphatic carbocycles. The number of hydroxylamine groups is 1. The Kier molecular flexibility index (Phi) is 6.07. The Bertz CT molecular complexity index is 128. The third-order valence-electron chi connectivity index (χ3n) is 1.58. The Labute approximate surface area is 69.0 Å². The van der Waals surface area contributed by atoms with Crippen molar-refractivity contribution in [2.45, 2.75) is 20.3 Å². The van der Waals surface area contributed by atoms with E-state index in [0.717, 1.165) is 19.6 Å². The van der Waals surface area contributed by atoms with Gasteiger partial charge in [0.25, 0.3) is 0 Å². The smallest absolute Gasteiger partial charge is 0.151 e. The highest BCUT2D eigenvalue weighted by atomic mass is 16.6. The van der Waals surface area contributed by atoms with E-state index in [1.54, 1.807) is 0 Å². The second-order valence-electron chi connectivity index (χ2n) is 2.73. The van der Waals surface area contributed by atoms with Crippen molar-refractivity contribution in [2.24, 2.45) is 0 Å². The lowest BCUT2D eigenvalue weighted by Crippen LogP contribution is -2.18. The monoisotopic (exact) mass is 159 g/mol. The van der Waals surface area contributed by atoms with Crippen LogP contribution < -0.4 is 5.48 Å². The highest BCUT2D eigenvalue weighted by Gasteiger charge is 1.98. The minimum absolute atomic E-state index is 0.748. The van der Waals surface area contributed by atoms with Crippen LogP contribution in [0.2, 0.25) is 0 Å². The van der Waals surface area contributed by atoms with Crippen LogP contribution in [0.15, 0.2) is 0 Å². The summed E-state index contributed by atoms with van der Waals surface area (Å²) in [4.78, 5) is 5.11. The zero-order valence-electron chi connectivity index (χ0n) is 7.98. The van der Waals surface area contributed by atoms with Gasteiger partial charge >= 0.3 is 0 Å². The largest absolute Gasteiger partial charge is 0.301 e. The van der Waals surface area contributed by atoms with Gasteiger partial charge in [0, 0.05) is 13.5 Å². The summed E-state index contributed by atoms with van der Waals surface area (Å²) in [5.41, 5.74) is 4.15. The summed E-state index contributed by atoms with van der Waals surface area (Å²) >= 11 is 0. The van der Waals surface area contributed by atoms with E-state index in [0.29, 0.717) is 0 Å². The highest BCUT2D eigenvalue weighted by molar-refractivity contribution is 5.76. The molecule has 0 aromatic heterocycles. The molecule has 0 saturated carbocycles. The van der Waals surface area contributed by atoms with Crippen molar-refractivity contribution in [1.82, 2.24) is 5.48 Å². The standard InChI is InChI=1S/C8H19N2O/c1-5-9-11-7-6-8(2)10(3)4/h9H,5-7H2,1-4H3/q+1. The van der Waals surface area contributed by atoms with Gasteiger partial charge in [-0.3, -0.25) is 0 Å². The highest BCUT2D eigenvalue weighted by Crippen LogP contribution is 1.84. The average molecular weight is 159 g/mol. The molecule has 3 heteroatoms. The maximum atomic E-state index is 5.11. The summed E-state index contributed by atoms with van der Waals surface area (Å²) in [6, 6.07) is 0. The van der Waals surface area contributed by atoms with Gasteiger partial charge in [-0.2, -0.15) is 0 Å². The van der Waals surface area contributed by atoms with Crippen molar-refractivity contribution in [3.05, 3.63) is 0 Å². The number of hydrogen-bond donors (Lipinski definition) is 1. The van der Waals surface area contributed by atoms with Gasteiger partial charge in [0.2, 0.25) is 0 Å². The van der Waals surface area contributed by atoms with Crippen LogP contribution in [0.3, 0.4) is 0 Å². The van der Waals surface area contributed by atoms with Crippen LogP contribution >= 0.6 is 0 Å². The minimum atomic E-state index is 0.748. The number of rotatable bonds is 5. The van der Waals surface area contributed by atoms with Gasteiger partial charge in [-0.05, 0) is 0 Å². The fourth-order valence-corrected chi connectivity index (χ4v) is 0.597. The van der Waals surface area contributed by atoms with Crippen LogP contribution in [0.1, 0.15) is 20.3 Å². The Morgan fingerprint density at radius 2 is 2.09 bits per heavy atom. The van der Waals surface area contributed by atoms with Gasteiger partial charge in [0.1, 0.15) is 14.1 Å². The maximum absolute atomic E-state index is 5.11. The molecular weight excluding hydrogens is 140 g/mol. The fraction of sp³-hybridized carbons (Fsp3) is 0.875. The molecule has 0 atom stereocenters. The molecule has 0 amide bonds. The van der Waals surface area contributed by atoms with E-state index < -0.39 is 0 Å². The normalized spacial score (nSPS) is 9.82. The minimum Gasteiger partial charge on any atom is -0.301 e. The van der Waals surface area contributed by atoms with E-state index in [2.05, 4.69) is 17.0 Å². The Balaban J connectivity index is 3.32. The van der Waals surface area contributed by atoms with Crippen molar-refractivity contribution in [1.29, 1.82) is 0 Å². The third-order valence-corrected chi connectivity index (χ3v) is 1.58. The van der Waals surface area contributed by atoms with Crippen molar-refractivity contribution < 1.29 is 9.41 Å². The topological polar surface area (TPSA) is 24.3 Å². The van der Waals surface area contributed by atoms with Gasteiger partial charge < -0.3 is 4.84 Å². The number of nitrogens with one attached hydrogen (secondary N) is 1. The van der Waals surface area contributed by atoms with Crippen molar-refractivity contribution >= 4 is 5.71 Å². The van der Waals surface area contributed by atoms with Crippen molar-refractivity contribution in [3.63, 3.8) is 0 Å². The molecule has 0 rings (SSSR count). The van der Waals surface area contributed by atoms with Gasteiger partial charge in [0.15, 0.2) is 5.71 Å². The molecule has 0 radical (unpaired) electrons. The quantitative estimate of drug-likeness (QED) is 0.276. The van der Waals surface area contributed by atoms with Gasteiger partial charge in [-0.15, -0.1) is 0 Å². The molecular formula is C8H19N2O+. The molecule has 11 heavy (non-hydrogen) atoms. The van der Waals surface area contributed by atoms with E-state index in [1.165, 1.54) is 5.71 Å². The molecule has 0 bridgehead atoms. The fourth-order valence-electron chi connectivity index (χ4n) is 0.597.